The van der Waals surface area contributed by atoms with E-state index < -0.39 is 0 Å². The average molecular weight is 282 g/mol. The Hall–Kier alpha value is -1.96. The predicted molar refractivity (Wildman–Crippen MR) is 85.3 cm³/mol. The molecule has 1 aliphatic carbocycles. The number of methoxy groups -OCH3 is 2. The molecule has 3 rings (SSSR count). The molecule has 0 spiro atoms. The first-order valence-electron chi connectivity index (χ1n) is 7.58. The van der Waals surface area contributed by atoms with Crippen molar-refractivity contribution in [3.05, 3.63) is 59.7 Å². The molecule has 0 aliphatic heterocycles. The van der Waals surface area contributed by atoms with Crippen molar-refractivity contribution in [2.75, 3.05) is 14.2 Å². The van der Waals surface area contributed by atoms with E-state index in [-0.39, 0.29) is 0 Å². The Bertz CT molecular complexity index is 518. The lowest BCUT2D eigenvalue weighted by Crippen LogP contribution is -1.96. The highest BCUT2D eigenvalue weighted by molar-refractivity contribution is 5.33. The predicted octanol–water partition coefficient (Wildman–Crippen LogP) is 4.76. The molecule has 110 valence electrons. The number of ether oxygens (including phenoxy) is 2. The summed E-state index contributed by atoms with van der Waals surface area (Å²) in [6, 6.07) is 17.1. The first-order valence-corrected chi connectivity index (χ1v) is 7.58. The largest absolute Gasteiger partial charge is 0.497 e. The molecule has 1 saturated carbocycles. The van der Waals surface area contributed by atoms with Gasteiger partial charge >= 0.3 is 0 Å². The van der Waals surface area contributed by atoms with Gasteiger partial charge in [0.05, 0.1) is 14.2 Å². The molecule has 0 amide bonds. The van der Waals surface area contributed by atoms with Crippen LogP contribution in [0.2, 0.25) is 0 Å². The number of hydrogen-bond acceptors (Lipinski definition) is 2. The first-order chi connectivity index (χ1) is 10.3. The zero-order valence-electron chi connectivity index (χ0n) is 12.7. The molecule has 2 heteroatoms. The third kappa shape index (κ3) is 3.05. The van der Waals surface area contributed by atoms with Gasteiger partial charge in [0.1, 0.15) is 11.5 Å². The second kappa shape index (κ2) is 6.21. The normalized spacial score (nSPS) is 21.2. The molecule has 0 saturated heterocycles. The van der Waals surface area contributed by atoms with Crippen LogP contribution in [-0.4, -0.2) is 14.2 Å². The lowest BCUT2D eigenvalue weighted by Gasteiger charge is -2.13. The van der Waals surface area contributed by atoms with Crippen LogP contribution in [0.15, 0.2) is 48.5 Å². The summed E-state index contributed by atoms with van der Waals surface area (Å²) in [6.07, 6.45) is 3.77. The zero-order valence-corrected chi connectivity index (χ0v) is 12.7. The van der Waals surface area contributed by atoms with Crippen molar-refractivity contribution in [2.45, 2.75) is 31.1 Å². The topological polar surface area (TPSA) is 18.5 Å². The van der Waals surface area contributed by atoms with Gasteiger partial charge in [-0.1, -0.05) is 24.3 Å². The Labute approximate surface area is 126 Å². The molecular weight excluding hydrogens is 260 g/mol. The summed E-state index contributed by atoms with van der Waals surface area (Å²) < 4.78 is 10.5. The molecule has 2 unspecified atom stereocenters. The van der Waals surface area contributed by atoms with Crippen LogP contribution in [0, 0.1) is 0 Å². The smallest absolute Gasteiger partial charge is 0.118 e. The summed E-state index contributed by atoms with van der Waals surface area (Å²) in [6.45, 7) is 0. The molecule has 0 aromatic heterocycles. The number of hydrogen-bond donors (Lipinski definition) is 0. The van der Waals surface area contributed by atoms with Gasteiger partial charge in [-0.05, 0) is 66.5 Å². The first kappa shape index (κ1) is 14.0. The van der Waals surface area contributed by atoms with Crippen LogP contribution < -0.4 is 9.47 Å². The van der Waals surface area contributed by atoms with Crippen molar-refractivity contribution in [3.8, 4) is 11.5 Å². The van der Waals surface area contributed by atoms with Gasteiger partial charge in [-0.15, -0.1) is 0 Å². The second-order valence-electron chi connectivity index (χ2n) is 5.75. The summed E-state index contributed by atoms with van der Waals surface area (Å²) >= 11 is 0. The Kier molecular flexibility index (Phi) is 4.14. The van der Waals surface area contributed by atoms with Gasteiger partial charge < -0.3 is 9.47 Å². The Balaban J connectivity index is 1.68. The van der Waals surface area contributed by atoms with Gasteiger partial charge in [-0.25, -0.2) is 0 Å². The minimum absolute atomic E-state index is 0.669. The maximum atomic E-state index is 5.23. The molecule has 0 bridgehead atoms. The minimum Gasteiger partial charge on any atom is -0.497 e. The van der Waals surface area contributed by atoms with Crippen LogP contribution in [0.3, 0.4) is 0 Å². The maximum absolute atomic E-state index is 5.23. The van der Waals surface area contributed by atoms with E-state index in [4.69, 9.17) is 9.47 Å². The van der Waals surface area contributed by atoms with E-state index in [1.165, 1.54) is 30.4 Å². The van der Waals surface area contributed by atoms with E-state index in [0.717, 1.165) is 11.5 Å². The molecule has 0 radical (unpaired) electrons. The molecular formula is C19H22O2. The Morgan fingerprint density at radius 3 is 1.38 bits per heavy atom. The van der Waals surface area contributed by atoms with Gasteiger partial charge in [0, 0.05) is 0 Å². The minimum atomic E-state index is 0.669. The van der Waals surface area contributed by atoms with Crippen LogP contribution >= 0.6 is 0 Å². The highest BCUT2D eigenvalue weighted by atomic mass is 16.5. The summed E-state index contributed by atoms with van der Waals surface area (Å²) in [4.78, 5) is 0. The van der Waals surface area contributed by atoms with E-state index >= 15 is 0 Å². The van der Waals surface area contributed by atoms with Gasteiger partial charge in [0.2, 0.25) is 0 Å². The van der Waals surface area contributed by atoms with Crippen molar-refractivity contribution < 1.29 is 9.47 Å². The monoisotopic (exact) mass is 282 g/mol. The van der Waals surface area contributed by atoms with Gasteiger partial charge in [-0.2, -0.15) is 0 Å². The van der Waals surface area contributed by atoms with Crippen LogP contribution in [-0.2, 0) is 0 Å². The number of benzene rings is 2. The van der Waals surface area contributed by atoms with Crippen molar-refractivity contribution in [2.24, 2.45) is 0 Å². The van der Waals surface area contributed by atoms with Gasteiger partial charge in [-0.3, -0.25) is 0 Å². The fourth-order valence-corrected chi connectivity index (χ4v) is 3.34. The van der Waals surface area contributed by atoms with Gasteiger partial charge in [0.15, 0.2) is 0 Å². The Morgan fingerprint density at radius 1 is 0.667 bits per heavy atom. The van der Waals surface area contributed by atoms with Crippen molar-refractivity contribution in [1.29, 1.82) is 0 Å². The quantitative estimate of drug-likeness (QED) is 0.805. The third-order valence-corrected chi connectivity index (χ3v) is 4.61. The highest BCUT2D eigenvalue weighted by Gasteiger charge is 2.26. The summed E-state index contributed by atoms with van der Waals surface area (Å²) in [5.41, 5.74) is 2.87. The molecule has 2 aromatic carbocycles. The molecule has 1 fully saturated rings. The summed E-state index contributed by atoms with van der Waals surface area (Å²) in [5.74, 6) is 3.21. The van der Waals surface area contributed by atoms with Crippen LogP contribution in [0.25, 0.3) is 0 Å². The molecule has 21 heavy (non-hydrogen) atoms. The third-order valence-electron chi connectivity index (χ3n) is 4.61. The molecule has 0 N–H and O–H groups in total. The van der Waals surface area contributed by atoms with Crippen molar-refractivity contribution in [1.82, 2.24) is 0 Å². The number of rotatable bonds is 4. The van der Waals surface area contributed by atoms with Crippen LogP contribution in [0.1, 0.15) is 42.2 Å². The van der Waals surface area contributed by atoms with Gasteiger partial charge in [0.25, 0.3) is 0 Å². The van der Waals surface area contributed by atoms with E-state index in [1.54, 1.807) is 14.2 Å². The maximum Gasteiger partial charge on any atom is 0.118 e. The van der Waals surface area contributed by atoms with E-state index in [0.29, 0.717) is 11.8 Å². The van der Waals surface area contributed by atoms with E-state index in [1.807, 2.05) is 0 Å². The van der Waals surface area contributed by atoms with E-state index in [9.17, 15) is 0 Å². The SMILES string of the molecule is COc1ccc(C2CCC(c3ccc(OC)cc3)C2)cc1. The lowest BCUT2D eigenvalue weighted by atomic mass is 9.93. The fourth-order valence-electron chi connectivity index (χ4n) is 3.34. The summed E-state index contributed by atoms with van der Waals surface area (Å²) in [7, 11) is 3.43. The molecule has 1 aliphatic rings. The zero-order chi connectivity index (χ0) is 14.7. The van der Waals surface area contributed by atoms with E-state index in [2.05, 4.69) is 48.5 Å². The van der Waals surface area contributed by atoms with Crippen molar-refractivity contribution >= 4 is 0 Å². The Morgan fingerprint density at radius 2 is 1.05 bits per heavy atom. The lowest BCUT2D eigenvalue weighted by molar-refractivity contribution is 0.414. The average Bonchev–Trinajstić information content (AvgIpc) is 3.05. The molecule has 0 heterocycles. The standard InChI is InChI=1S/C19H22O2/c1-20-18-9-5-14(6-10-18)16-3-4-17(13-16)15-7-11-19(21-2)12-8-15/h5-12,16-17H,3-4,13H2,1-2H3. The fraction of sp³-hybridized carbons (Fsp3) is 0.368. The molecule has 2 aromatic rings. The molecule has 2 atom stereocenters. The van der Waals surface area contributed by atoms with Crippen LogP contribution in [0.5, 0.6) is 11.5 Å². The molecule has 2 nitrogen and oxygen atoms in total. The highest BCUT2D eigenvalue weighted by Crippen LogP contribution is 2.44. The summed E-state index contributed by atoms with van der Waals surface area (Å²) in [5, 5.41) is 0. The van der Waals surface area contributed by atoms with Crippen LogP contribution in [0.4, 0.5) is 0 Å². The van der Waals surface area contributed by atoms with Crippen molar-refractivity contribution in [3.63, 3.8) is 0 Å². The second-order valence-corrected chi connectivity index (χ2v) is 5.75.